The van der Waals surface area contributed by atoms with Crippen LogP contribution in [0.3, 0.4) is 0 Å². The van der Waals surface area contributed by atoms with Crippen LogP contribution in [0.25, 0.3) is 0 Å². The molecule has 0 radical (unpaired) electrons. The molecule has 0 spiro atoms. The van der Waals surface area contributed by atoms with Gasteiger partial charge >= 0.3 is 0 Å². The van der Waals surface area contributed by atoms with E-state index in [4.69, 9.17) is 4.42 Å². The highest BCUT2D eigenvalue weighted by atomic mass is 16.8. The molecular formula is C15H15N3O4. The number of nitrogens with two attached hydrogens (primary N) is 1. The summed E-state index contributed by atoms with van der Waals surface area (Å²) in [4.78, 5) is 27.1. The molecule has 114 valence electrons. The fraction of sp³-hybridized carbons (Fsp3) is 0.200. The molecule has 7 heteroatoms. The van der Waals surface area contributed by atoms with Crippen LogP contribution in [0.1, 0.15) is 28.3 Å². The van der Waals surface area contributed by atoms with Crippen LogP contribution in [-0.2, 0) is 22.6 Å². The van der Waals surface area contributed by atoms with Gasteiger partial charge in [-0.1, -0.05) is 35.4 Å². The summed E-state index contributed by atoms with van der Waals surface area (Å²) < 4.78 is 5.53. The summed E-state index contributed by atoms with van der Waals surface area (Å²) >= 11 is 0. The van der Waals surface area contributed by atoms with E-state index in [9.17, 15) is 9.59 Å². The van der Waals surface area contributed by atoms with Gasteiger partial charge in [0.1, 0.15) is 11.5 Å². The van der Waals surface area contributed by atoms with Crippen LogP contribution in [-0.4, -0.2) is 11.7 Å². The smallest absolute Gasteiger partial charge is 0.268 e. The topological polar surface area (TPSA) is 107 Å². The van der Waals surface area contributed by atoms with E-state index in [0.717, 1.165) is 0 Å². The molecule has 0 saturated carbocycles. The van der Waals surface area contributed by atoms with Crippen molar-refractivity contribution in [3.8, 4) is 0 Å². The Labute approximate surface area is 126 Å². The minimum Gasteiger partial charge on any atom is -0.466 e. The Balaban J connectivity index is 1.88. The van der Waals surface area contributed by atoms with Gasteiger partial charge in [0.15, 0.2) is 5.78 Å². The average molecular weight is 301 g/mol. The van der Waals surface area contributed by atoms with Gasteiger partial charge < -0.3 is 4.42 Å². The van der Waals surface area contributed by atoms with Gasteiger partial charge in [-0.05, 0) is 12.1 Å². The second-order valence-corrected chi connectivity index (χ2v) is 4.51. The van der Waals surface area contributed by atoms with Gasteiger partial charge in [-0.3, -0.25) is 14.5 Å². The summed E-state index contributed by atoms with van der Waals surface area (Å²) in [7, 11) is 0. The van der Waals surface area contributed by atoms with Crippen molar-refractivity contribution < 1.29 is 18.9 Å². The Bertz CT molecular complexity index is 664. The van der Waals surface area contributed by atoms with Crippen molar-refractivity contribution in [2.24, 2.45) is 16.3 Å². The molecule has 1 aromatic carbocycles. The lowest BCUT2D eigenvalue weighted by Gasteiger charge is -1.98. The van der Waals surface area contributed by atoms with E-state index in [0.29, 0.717) is 23.5 Å². The monoisotopic (exact) mass is 301 g/mol. The molecule has 0 atom stereocenters. The molecule has 2 N–H and O–H groups in total. The second kappa shape index (κ2) is 7.84. The summed E-state index contributed by atoms with van der Waals surface area (Å²) in [5.41, 5.74) is 0.637. The number of hydrogen-bond acceptors (Lipinski definition) is 6. The van der Waals surface area contributed by atoms with Crippen molar-refractivity contribution in [3.63, 3.8) is 0 Å². The summed E-state index contributed by atoms with van der Waals surface area (Å²) in [6.07, 6.45) is 0.660. The molecule has 0 aliphatic heterocycles. The average Bonchev–Trinajstić information content (AvgIpc) is 2.99. The van der Waals surface area contributed by atoms with Gasteiger partial charge in [0.05, 0.1) is 11.7 Å². The first-order valence-electron chi connectivity index (χ1n) is 6.64. The molecule has 1 aromatic heterocycles. The number of nitrogens with zero attached hydrogens (tertiary/aromatic N) is 2. The first-order chi connectivity index (χ1) is 10.7. The molecule has 7 nitrogen and oxygen atoms in total. The molecule has 0 bridgehead atoms. The molecule has 22 heavy (non-hydrogen) atoms. The minimum atomic E-state index is -0.469. The third-order valence-corrected chi connectivity index (χ3v) is 2.93. The lowest BCUT2D eigenvalue weighted by Crippen LogP contribution is -2.02. The summed E-state index contributed by atoms with van der Waals surface area (Å²) in [6, 6.07) is 12.5. The third kappa shape index (κ3) is 4.64. The molecule has 0 aliphatic rings. The number of carbonyl (C=O) groups is 2. The van der Waals surface area contributed by atoms with Gasteiger partial charge in [0.2, 0.25) is 0 Å². The standard InChI is InChI=1S/C15H15N3O4/c16-22-18-17-15(20)9-8-12-6-7-13(21-12)10-14(19)11-4-2-1-3-5-11/h1-7H,8-10,16H2. The van der Waals surface area contributed by atoms with Crippen LogP contribution >= 0.6 is 0 Å². The van der Waals surface area contributed by atoms with Gasteiger partial charge in [0.25, 0.3) is 5.91 Å². The Hall–Kier alpha value is -2.80. The van der Waals surface area contributed by atoms with Crippen LogP contribution in [0.5, 0.6) is 0 Å². The van der Waals surface area contributed by atoms with Crippen molar-refractivity contribution in [1.82, 2.24) is 0 Å². The van der Waals surface area contributed by atoms with Crippen LogP contribution in [0, 0.1) is 0 Å². The zero-order valence-corrected chi connectivity index (χ0v) is 11.8. The van der Waals surface area contributed by atoms with Crippen LogP contribution in [0.15, 0.2) is 57.3 Å². The van der Waals surface area contributed by atoms with E-state index in [2.05, 4.69) is 21.2 Å². The van der Waals surface area contributed by atoms with Crippen molar-refractivity contribution in [2.75, 3.05) is 0 Å². The number of Topliss-reactive ketones (excluding diaryl/α,β-unsaturated/α-hetero) is 1. The highest BCUT2D eigenvalue weighted by molar-refractivity contribution is 5.97. The zero-order chi connectivity index (χ0) is 15.8. The predicted molar refractivity (Wildman–Crippen MR) is 76.6 cm³/mol. The number of aryl methyl sites for hydroxylation is 1. The van der Waals surface area contributed by atoms with Crippen LogP contribution in [0.2, 0.25) is 0 Å². The Morgan fingerprint density at radius 2 is 1.82 bits per heavy atom. The van der Waals surface area contributed by atoms with Crippen LogP contribution < -0.4 is 5.90 Å². The first-order valence-corrected chi connectivity index (χ1v) is 6.64. The summed E-state index contributed by atoms with van der Waals surface area (Å²) in [5, 5.41) is 6.14. The number of carbonyl (C=O) groups excluding carboxylic acids is 2. The Morgan fingerprint density at radius 3 is 2.55 bits per heavy atom. The Morgan fingerprint density at radius 1 is 1.09 bits per heavy atom. The van der Waals surface area contributed by atoms with Gasteiger partial charge in [0, 0.05) is 18.4 Å². The molecule has 0 aliphatic carbocycles. The maximum Gasteiger partial charge on any atom is 0.268 e. The largest absolute Gasteiger partial charge is 0.466 e. The molecule has 1 heterocycles. The lowest BCUT2D eigenvalue weighted by atomic mass is 10.1. The first kappa shape index (κ1) is 15.6. The maximum absolute atomic E-state index is 12.0. The lowest BCUT2D eigenvalue weighted by molar-refractivity contribution is -0.119. The molecule has 0 unspecified atom stereocenters. The Kier molecular flexibility index (Phi) is 5.56. The molecule has 2 aromatic rings. The maximum atomic E-state index is 12.0. The van der Waals surface area contributed by atoms with Crippen molar-refractivity contribution >= 4 is 11.7 Å². The van der Waals surface area contributed by atoms with E-state index in [-0.39, 0.29) is 18.6 Å². The van der Waals surface area contributed by atoms with E-state index in [1.807, 2.05) is 18.2 Å². The second-order valence-electron chi connectivity index (χ2n) is 4.51. The fourth-order valence-corrected chi connectivity index (χ4v) is 1.89. The molecular weight excluding hydrogens is 286 g/mol. The number of benzene rings is 1. The van der Waals surface area contributed by atoms with Gasteiger partial charge in [-0.15, -0.1) is 5.90 Å². The quantitative estimate of drug-likeness (QED) is 0.480. The van der Waals surface area contributed by atoms with E-state index in [1.165, 1.54) is 0 Å². The van der Waals surface area contributed by atoms with E-state index < -0.39 is 5.91 Å². The predicted octanol–water partition coefficient (Wildman–Crippen LogP) is 2.42. The molecule has 1 amide bonds. The normalized spacial score (nSPS) is 10.8. The molecule has 0 saturated heterocycles. The van der Waals surface area contributed by atoms with E-state index in [1.54, 1.807) is 24.3 Å². The SMILES string of the molecule is NON=NC(=O)CCc1ccc(CC(=O)c2ccccc2)o1. The number of furan rings is 1. The third-order valence-electron chi connectivity index (χ3n) is 2.93. The number of ketones is 1. The molecule has 2 rings (SSSR count). The van der Waals surface area contributed by atoms with Gasteiger partial charge in [-0.25, -0.2) is 0 Å². The van der Waals surface area contributed by atoms with Gasteiger partial charge in [-0.2, -0.15) is 0 Å². The highest BCUT2D eigenvalue weighted by Crippen LogP contribution is 2.13. The van der Waals surface area contributed by atoms with Crippen molar-refractivity contribution in [3.05, 3.63) is 59.5 Å². The highest BCUT2D eigenvalue weighted by Gasteiger charge is 2.11. The number of amides is 1. The molecule has 0 fully saturated rings. The summed E-state index contributed by atoms with van der Waals surface area (Å²) in [6.45, 7) is 0. The minimum absolute atomic E-state index is 0.0218. The number of rotatable bonds is 7. The number of hydrogen-bond donors (Lipinski definition) is 1. The van der Waals surface area contributed by atoms with Crippen LogP contribution in [0.4, 0.5) is 0 Å². The fourth-order valence-electron chi connectivity index (χ4n) is 1.89. The zero-order valence-electron chi connectivity index (χ0n) is 11.8. The van der Waals surface area contributed by atoms with Crippen molar-refractivity contribution in [2.45, 2.75) is 19.3 Å². The van der Waals surface area contributed by atoms with Crippen molar-refractivity contribution in [1.29, 1.82) is 0 Å². The summed E-state index contributed by atoms with van der Waals surface area (Å²) in [5.74, 6) is 5.29. The van der Waals surface area contributed by atoms with E-state index >= 15 is 0 Å².